The number of hydrogen-bond acceptors (Lipinski definition) is 3. The van der Waals surface area contributed by atoms with E-state index in [4.69, 9.17) is 0 Å². The van der Waals surface area contributed by atoms with Crippen molar-refractivity contribution in [3.8, 4) is 0 Å². The average molecular weight is 266 g/mol. The van der Waals surface area contributed by atoms with Crippen molar-refractivity contribution in [1.82, 2.24) is 0 Å². The molecule has 0 fully saturated rings. The van der Waals surface area contributed by atoms with Gasteiger partial charge in [-0.15, -0.1) is 0 Å². The molecule has 0 atom stereocenters. The quantitative estimate of drug-likeness (QED) is 0.846. The summed E-state index contributed by atoms with van der Waals surface area (Å²) in [6.07, 6.45) is 0. The van der Waals surface area contributed by atoms with Crippen LogP contribution in [-0.4, -0.2) is 0 Å². The molecule has 0 aliphatic carbocycles. The summed E-state index contributed by atoms with van der Waals surface area (Å²) < 4.78 is 0.859. The average Bonchev–Trinajstić information content (AvgIpc) is 2.26. The van der Waals surface area contributed by atoms with Crippen LogP contribution in [0.4, 0.5) is 11.4 Å². The van der Waals surface area contributed by atoms with Gasteiger partial charge in [0.15, 0.2) is 0 Å². The number of halogens is 1. The van der Waals surface area contributed by atoms with E-state index in [9.17, 15) is 9.59 Å². The molecule has 0 saturated heterocycles. The molecule has 2 rings (SSSR count). The highest BCUT2D eigenvalue weighted by Gasteiger charge is 2.16. The van der Waals surface area contributed by atoms with Gasteiger partial charge in [-0.1, -0.05) is 12.1 Å². The highest BCUT2D eigenvalue weighted by Crippen LogP contribution is 2.24. The summed E-state index contributed by atoms with van der Waals surface area (Å²) in [7, 11) is 0. The number of nitrogens with one attached hydrogen (secondary N) is 1. The molecule has 0 unspecified atom stereocenters. The van der Waals surface area contributed by atoms with Gasteiger partial charge in [0.1, 0.15) is 0 Å². The van der Waals surface area contributed by atoms with Gasteiger partial charge in [0.2, 0.25) is 10.9 Å². The van der Waals surface area contributed by atoms with Crippen molar-refractivity contribution in [3.63, 3.8) is 0 Å². The molecule has 0 aliphatic heterocycles. The van der Waals surface area contributed by atoms with E-state index < -0.39 is 10.9 Å². The second-order valence-electron chi connectivity index (χ2n) is 3.26. The smallest absolute Gasteiger partial charge is 0.249 e. The Labute approximate surface area is 94.6 Å². The van der Waals surface area contributed by atoms with Crippen LogP contribution in [0.15, 0.2) is 38.3 Å². The predicted octanol–water partition coefficient (Wildman–Crippen LogP) is 2.10. The Morgan fingerprint density at radius 2 is 1.80 bits per heavy atom. The van der Waals surface area contributed by atoms with E-state index in [2.05, 4.69) is 21.2 Å². The first kappa shape index (κ1) is 10.1. The lowest BCUT2D eigenvalue weighted by Gasteiger charge is -2.11. The first-order valence-corrected chi connectivity index (χ1v) is 5.22. The lowest BCUT2D eigenvalue weighted by Crippen LogP contribution is -2.36. The molecular weight excluding hydrogens is 258 g/mol. The first-order chi connectivity index (χ1) is 7.11. The normalized spacial score (nSPS) is 10.5. The minimum atomic E-state index is -0.441. The van der Waals surface area contributed by atoms with Crippen LogP contribution in [0.2, 0.25) is 0 Å². The highest BCUT2D eigenvalue weighted by molar-refractivity contribution is 9.10. The molecule has 1 N–H and O–H groups in total. The molecule has 15 heavy (non-hydrogen) atoms. The van der Waals surface area contributed by atoms with Gasteiger partial charge >= 0.3 is 0 Å². The molecule has 0 amide bonds. The fourth-order valence-corrected chi connectivity index (χ4v) is 1.74. The van der Waals surface area contributed by atoms with E-state index in [1.807, 2.05) is 24.3 Å². The number of anilines is 2. The van der Waals surface area contributed by atoms with Crippen molar-refractivity contribution in [2.45, 2.75) is 6.92 Å². The third-order valence-electron chi connectivity index (χ3n) is 2.28. The Balaban J connectivity index is 2.36. The zero-order valence-corrected chi connectivity index (χ0v) is 9.59. The minimum absolute atomic E-state index is 0.395. The Bertz CT molecular complexity index is 582. The summed E-state index contributed by atoms with van der Waals surface area (Å²) in [6.45, 7) is 1.64. The zero-order valence-electron chi connectivity index (χ0n) is 8.00. The monoisotopic (exact) mass is 265 g/mol. The fraction of sp³-hybridized carbons (Fsp3) is 0.0909. The van der Waals surface area contributed by atoms with Crippen molar-refractivity contribution in [2.75, 3.05) is 5.32 Å². The topological polar surface area (TPSA) is 46.2 Å². The van der Waals surface area contributed by atoms with Gasteiger partial charge in [-0.3, -0.25) is 9.59 Å². The number of para-hydroxylation sites is 1. The maximum Gasteiger partial charge on any atom is 0.249 e. The molecule has 0 heterocycles. The number of hydrogen-bond donors (Lipinski definition) is 1. The minimum Gasteiger partial charge on any atom is -0.351 e. The molecule has 76 valence electrons. The van der Waals surface area contributed by atoms with Crippen LogP contribution in [0.5, 0.6) is 0 Å². The molecular formula is C11H8BrNO2. The van der Waals surface area contributed by atoms with Crippen LogP contribution < -0.4 is 16.2 Å². The lowest BCUT2D eigenvalue weighted by molar-refractivity contribution is 1.26. The van der Waals surface area contributed by atoms with E-state index in [-0.39, 0.29) is 0 Å². The lowest BCUT2D eigenvalue weighted by atomic mass is 10.1. The Morgan fingerprint density at radius 1 is 1.13 bits per heavy atom. The number of benzene rings is 1. The standard InChI is InChI=1S/C11H8BrNO2/c1-6-9(11(15)10(6)14)13-8-5-3-2-4-7(8)12/h2-5,13H,1H3. The molecule has 0 saturated carbocycles. The SMILES string of the molecule is Cc1c(Nc2ccccc2Br)c(=O)c1=O. The van der Waals surface area contributed by atoms with Crippen LogP contribution in [0.3, 0.4) is 0 Å². The summed E-state index contributed by atoms with van der Waals surface area (Å²) in [5.41, 5.74) is 0.836. The molecule has 2 aromatic rings. The van der Waals surface area contributed by atoms with Crippen molar-refractivity contribution in [3.05, 3.63) is 54.7 Å². The van der Waals surface area contributed by atoms with Crippen LogP contribution in [0, 0.1) is 6.92 Å². The van der Waals surface area contributed by atoms with Gasteiger partial charge in [-0.2, -0.15) is 0 Å². The first-order valence-electron chi connectivity index (χ1n) is 4.42. The molecule has 3 nitrogen and oxygen atoms in total. The van der Waals surface area contributed by atoms with Gasteiger partial charge in [-0.25, -0.2) is 0 Å². The summed E-state index contributed by atoms with van der Waals surface area (Å²) in [6, 6.07) is 7.43. The van der Waals surface area contributed by atoms with Gasteiger partial charge in [0, 0.05) is 10.0 Å². The van der Waals surface area contributed by atoms with Gasteiger partial charge in [0.05, 0.1) is 11.4 Å². The van der Waals surface area contributed by atoms with E-state index in [1.54, 1.807) is 6.92 Å². The molecule has 0 radical (unpaired) electrons. The summed E-state index contributed by atoms with van der Waals surface area (Å²) in [4.78, 5) is 22.2. The Morgan fingerprint density at radius 3 is 2.40 bits per heavy atom. The second kappa shape index (κ2) is 3.62. The fourth-order valence-electron chi connectivity index (χ4n) is 1.35. The van der Waals surface area contributed by atoms with Crippen LogP contribution in [0.25, 0.3) is 0 Å². The zero-order chi connectivity index (χ0) is 11.0. The van der Waals surface area contributed by atoms with Crippen LogP contribution in [-0.2, 0) is 0 Å². The Hall–Kier alpha value is -1.42. The Kier molecular flexibility index (Phi) is 2.44. The van der Waals surface area contributed by atoms with Crippen molar-refractivity contribution in [1.29, 1.82) is 0 Å². The maximum atomic E-state index is 11.2. The summed E-state index contributed by atoms with van der Waals surface area (Å²) >= 11 is 3.35. The van der Waals surface area contributed by atoms with Crippen molar-refractivity contribution in [2.24, 2.45) is 0 Å². The van der Waals surface area contributed by atoms with Crippen LogP contribution >= 0.6 is 15.9 Å². The van der Waals surface area contributed by atoms with E-state index >= 15 is 0 Å². The highest BCUT2D eigenvalue weighted by atomic mass is 79.9. The second-order valence-corrected chi connectivity index (χ2v) is 4.12. The summed E-state index contributed by atoms with van der Waals surface area (Å²) in [5.74, 6) is 0. The predicted molar refractivity (Wildman–Crippen MR) is 63.5 cm³/mol. The van der Waals surface area contributed by atoms with E-state index in [0.29, 0.717) is 11.3 Å². The molecule has 0 aliphatic rings. The van der Waals surface area contributed by atoms with Crippen molar-refractivity contribution < 1.29 is 0 Å². The largest absolute Gasteiger partial charge is 0.351 e. The van der Waals surface area contributed by atoms with E-state index in [1.165, 1.54) is 0 Å². The molecule has 2 aromatic carbocycles. The van der Waals surface area contributed by atoms with Gasteiger partial charge < -0.3 is 5.32 Å². The number of rotatable bonds is 2. The molecule has 0 spiro atoms. The van der Waals surface area contributed by atoms with E-state index in [0.717, 1.165) is 10.2 Å². The molecule has 4 heteroatoms. The third kappa shape index (κ3) is 1.61. The molecule has 0 bridgehead atoms. The van der Waals surface area contributed by atoms with Crippen molar-refractivity contribution >= 4 is 27.3 Å². The molecule has 0 aromatic heterocycles. The summed E-state index contributed by atoms with van der Waals surface area (Å²) in [5, 5.41) is 2.94. The maximum absolute atomic E-state index is 11.2. The van der Waals surface area contributed by atoms with Crippen LogP contribution in [0.1, 0.15) is 5.56 Å². The van der Waals surface area contributed by atoms with Gasteiger partial charge in [0.25, 0.3) is 0 Å². The van der Waals surface area contributed by atoms with Gasteiger partial charge in [-0.05, 0) is 35.0 Å². The third-order valence-corrected chi connectivity index (χ3v) is 2.97.